The summed E-state index contributed by atoms with van der Waals surface area (Å²) in [5.74, 6) is 0.214. The monoisotopic (exact) mass is 391 g/mol. The largest absolute Gasteiger partial charge is 0.508 e. The van der Waals surface area contributed by atoms with Crippen molar-refractivity contribution in [3.05, 3.63) is 42.1 Å². The van der Waals surface area contributed by atoms with Crippen LogP contribution in [0.2, 0.25) is 0 Å². The Bertz CT molecular complexity index is 1020. The molecule has 7 heteroatoms. The molecule has 1 spiro atoms. The SMILES string of the molecule is O=CC(c1cc(-c2ccc(O)cc2)nc2[nH]ncc12)N1CCC2(CCCNC2)C1. The van der Waals surface area contributed by atoms with Gasteiger partial charge in [0.1, 0.15) is 12.0 Å². The van der Waals surface area contributed by atoms with Gasteiger partial charge in [-0.05, 0) is 73.7 Å². The Morgan fingerprint density at radius 2 is 2.10 bits per heavy atom. The predicted octanol–water partition coefficient (Wildman–Crippen LogP) is 2.65. The topological polar surface area (TPSA) is 94.1 Å². The van der Waals surface area contributed by atoms with E-state index in [1.54, 1.807) is 18.3 Å². The number of aromatic hydroxyl groups is 1. The van der Waals surface area contributed by atoms with Crippen molar-refractivity contribution in [2.45, 2.75) is 25.3 Å². The smallest absolute Gasteiger partial charge is 0.156 e. The van der Waals surface area contributed by atoms with Crippen LogP contribution < -0.4 is 5.32 Å². The maximum atomic E-state index is 12.3. The molecule has 4 heterocycles. The van der Waals surface area contributed by atoms with Crippen LogP contribution in [-0.2, 0) is 4.79 Å². The number of likely N-dealkylation sites (tertiary alicyclic amines) is 1. The van der Waals surface area contributed by atoms with Crippen molar-refractivity contribution >= 4 is 17.3 Å². The summed E-state index contributed by atoms with van der Waals surface area (Å²) in [6.07, 6.45) is 6.35. The molecule has 2 fully saturated rings. The van der Waals surface area contributed by atoms with Crippen LogP contribution in [0.25, 0.3) is 22.3 Å². The average molecular weight is 391 g/mol. The van der Waals surface area contributed by atoms with E-state index in [4.69, 9.17) is 0 Å². The van der Waals surface area contributed by atoms with E-state index < -0.39 is 0 Å². The van der Waals surface area contributed by atoms with E-state index in [0.717, 1.165) is 61.1 Å². The maximum absolute atomic E-state index is 12.3. The van der Waals surface area contributed by atoms with Crippen molar-refractivity contribution in [2.75, 3.05) is 26.2 Å². The highest BCUT2D eigenvalue weighted by atomic mass is 16.3. The van der Waals surface area contributed by atoms with Crippen molar-refractivity contribution in [3.63, 3.8) is 0 Å². The minimum absolute atomic E-state index is 0.214. The lowest BCUT2D eigenvalue weighted by atomic mass is 9.80. The summed E-state index contributed by atoms with van der Waals surface area (Å²) in [6, 6.07) is 8.62. The third kappa shape index (κ3) is 3.30. The molecule has 2 aliphatic rings. The van der Waals surface area contributed by atoms with Gasteiger partial charge in [0.2, 0.25) is 0 Å². The van der Waals surface area contributed by atoms with E-state index in [1.165, 1.54) is 12.8 Å². The zero-order valence-corrected chi connectivity index (χ0v) is 16.3. The molecule has 2 aromatic heterocycles. The van der Waals surface area contributed by atoms with Crippen LogP contribution in [0, 0.1) is 5.41 Å². The molecule has 7 nitrogen and oxygen atoms in total. The number of piperidine rings is 1. The molecule has 0 amide bonds. The standard InChI is InChI=1S/C22H25N5O2/c28-12-20(27-9-7-22(14-27)6-1-8-23-13-22)17-10-19(15-2-4-16(29)5-3-15)25-21-18(17)11-24-26-21/h2-5,10-12,20,23,29H,1,6-9,13-14H2,(H,24,25,26). The van der Waals surface area contributed by atoms with E-state index in [-0.39, 0.29) is 17.2 Å². The number of aromatic nitrogens is 3. The summed E-state index contributed by atoms with van der Waals surface area (Å²) in [4.78, 5) is 19.3. The number of hydrogen-bond acceptors (Lipinski definition) is 6. The molecule has 2 unspecified atom stereocenters. The number of aromatic amines is 1. The van der Waals surface area contributed by atoms with E-state index in [2.05, 4.69) is 25.4 Å². The number of nitrogens with zero attached hydrogens (tertiary/aromatic N) is 3. The first-order valence-electron chi connectivity index (χ1n) is 10.2. The molecule has 150 valence electrons. The number of H-pyrrole nitrogens is 1. The second-order valence-corrected chi connectivity index (χ2v) is 8.36. The number of phenolic OH excluding ortho intramolecular Hbond substituents is 1. The second-order valence-electron chi connectivity index (χ2n) is 8.36. The van der Waals surface area contributed by atoms with Crippen LogP contribution in [-0.4, -0.2) is 57.7 Å². The molecule has 1 aromatic carbocycles. The van der Waals surface area contributed by atoms with Crippen molar-refractivity contribution in [2.24, 2.45) is 5.41 Å². The van der Waals surface area contributed by atoms with Gasteiger partial charge < -0.3 is 15.2 Å². The predicted molar refractivity (Wildman–Crippen MR) is 111 cm³/mol. The summed E-state index contributed by atoms with van der Waals surface area (Å²) < 4.78 is 0. The zero-order chi connectivity index (χ0) is 19.8. The summed E-state index contributed by atoms with van der Waals surface area (Å²) in [7, 11) is 0. The van der Waals surface area contributed by atoms with Gasteiger partial charge in [-0.2, -0.15) is 5.10 Å². The first-order valence-corrected chi connectivity index (χ1v) is 10.2. The molecule has 5 rings (SSSR count). The molecule has 29 heavy (non-hydrogen) atoms. The third-order valence-corrected chi connectivity index (χ3v) is 6.49. The number of rotatable bonds is 4. The Labute approximate surface area is 169 Å². The zero-order valence-electron chi connectivity index (χ0n) is 16.3. The molecule has 2 aliphatic heterocycles. The maximum Gasteiger partial charge on any atom is 0.156 e. The number of hydrogen-bond donors (Lipinski definition) is 3. The van der Waals surface area contributed by atoms with Gasteiger partial charge in [0.25, 0.3) is 0 Å². The quantitative estimate of drug-likeness (QED) is 0.592. The Balaban J connectivity index is 1.53. The third-order valence-electron chi connectivity index (χ3n) is 6.49. The van der Waals surface area contributed by atoms with Crippen LogP contribution >= 0.6 is 0 Å². The Hall–Kier alpha value is -2.77. The summed E-state index contributed by atoms with van der Waals surface area (Å²) in [5.41, 5.74) is 3.53. The lowest BCUT2D eigenvalue weighted by molar-refractivity contribution is -0.112. The summed E-state index contributed by atoms with van der Waals surface area (Å²) in [6.45, 7) is 3.97. The molecule has 2 saturated heterocycles. The fraction of sp³-hybridized carbons (Fsp3) is 0.409. The highest BCUT2D eigenvalue weighted by Gasteiger charge is 2.41. The van der Waals surface area contributed by atoms with Crippen LogP contribution in [0.4, 0.5) is 0 Å². The lowest BCUT2D eigenvalue weighted by Crippen LogP contribution is -2.42. The minimum atomic E-state index is -0.324. The molecule has 0 radical (unpaired) electrons. The van der Waals surface area contributed by atoms with Gasteiger partial charge >= 0.3 is 0 Å². The van der Waals surface area contributed by atoms with Crippen LogP contribution in [0.5, 0.6) is 5.75 Å². The van der Waals surface area contributed by atoms with E-state index in [9.17, 15) is 9.90 Å². The van der Waals surface area contributed by atoms with Crippen LogP contribution in [0.15, 0.2) is 36.5 Å². The number of carbonyl (C=O) groups excluding carboxylic acids is 1. The van der Waals surface area contributed by atoms with Crippen LogP contribution in [0.1, 0.15) is 30.9 Å². The normalized spacial score (nSPS) is 23.6. The van der Waals surface area contributed by atoms with Gasteiger partial charge in [-0.15, -0.1) is 0 Å². The first kappa shape index (κ1) is 18.3. The van der Waals surface area contributed by atoms with Crippen molar-refractivity contribution in [1.82, 2.24) is 25.4 Å². The number of benzene rings is 1. The number of phenols is 1. The van der Waals surface area contributed by atoms with Crippen molar-refractivity contribution < 1.29 is 9.90 Å². The van der Waals surface area contributed by atoms with Crippen LogP contribution in [0.3, 0.4) is 0 Å². The highest BCUT2D eigenvalue weighted by molar-refractivity contribution is 5.85. The highest BCUT2D eigenvalue weighted by Crippen LogP contribution is 2.40. The number of nitrogens with one attached hydrogen (secondary N) is 2. The van der Waals surface area contributed by atoms with Gasteiger partial charge in [0.05, 0.1) is 17.9 Å². The number of fused-ring (bicyclic) bond motifs is 1. The number of pyridine rings is 1. The molecule has 3 N–H and O–H groups in total. The molecule has 3 aromatic rings. The van der Waals surface area contributed by atoms with E-state index in [1.807, 2.05) is 18.2 Å². The minimum Gasteiger partial charge on any atom is -0.508 e. The van der Waals surface area contributed by atoms with Crippen molar-refractivity contribution in [1.29, 1.82) is 0 Å². The molecule has 0 aliphatic carbocycles. The fourth-order valence-electron chi connectivity index (χ4n) is 4.92. The summed E-state index contributed by atoms with van der Waals surface area (Å²) >= 11 is 0. The molecule has 2 atom stereocenters. The van der Waals surface area contributed by atoms with E-state index in [0.29, 0.717) is 5.65 Å². The van der Waals surface area contributed by atoms with E-state index >= 15 is 0 Å². The van der Waals surface area contributed by atoms with Gasteiger partial charge in [-0.1, -0.05) is 0 Å². The van der Waals surface area contributed by atoms with Gasteiger partial charge in [-0.25, -0.2) is 4.98 Å². The molecule has 0 bridgehead atoms. The number of carbonyl (C=O) groups is 1. The van der Waals surface area contributed by atoms with Gasteiger partial charge in [0.15, 0.2) is 5.65 Å². The Morgan fingerprint density at radius 1 is 1.24 bits per heavy atom. The fourth-order valence-corrected chi connectivity index (χ4v) is 4.92. The molecule has 0 saturated carbocycles. The lowest BCUT2D eigenvalue weighted by Gasteiger charge is -2.35. The number of aldehydes is 1. The molecular formula is C22H25N5O2. The Kier molecular flexibility index (Phi) is 4.56. The second kappa shape index (κ2) is 7.24. The average Bonchev–Trinajstić information content (AvgIpc) is 3.37. The van der Waals surface area contributed by atoms with Gasteiger partial charge in [-0.3, -0.25) is 10.00 Å². The molecular weight excluding hydrogens is 366 g/mol. The summed E-state index contributed by atoms with van der Waals surface area (Å²) in [5, 5.41) is 21.1. The Morgan fingerprint density at radius 3 is 2.86 bits per heavy atom. The first-order chi connectivity index (χ1) is 14.2. The van der Waals surface area contributed by atoms with Gasteiger partial charge in [0, 0.05) is 24.0 Å². The van der Waals surface area contributed by atoms with Crippen molar-refractivity contribution in [3.8, 4) is 17.0 Å².